The highest BCUT2D eigenvalue weighted by Crippen LogP contribution is 2.42. The van der Waals surface area contributed by atoms with Gasteiger partial charge in [0.15, 0.2) is 11.1 Å². The van der Waals surface area contributed by atoms with Crippen molar-refractivity contribution in [1.29, 1.82) is 0 Å². The summed E-state index contributed by atoms with van der Waals surface area (Å²) >= 11 is -2.00. The maximum Gasteiger partial charge on any atom is 0.229 e. The molecular weight excluding hydrogens is 402 g/mol. The zero-order valence-corrected chi connectivity index (χ0v) is 17.4. The van der Waals surface area contributed by atoms with Crippen molar-refractivity contribution in [2.75, 3.05) is 17.8 Å². The normalized spacial score (nSPS) is 19.9. The molecule has 1 fully saturated rings. The van der Waals surface area contributed by atoms with E-state index >= 15 is 0 Å². The third-order valence-electron chi connectivity index (χ3n) is 5.94. The minimum atomic E-state index is -2.00. The number of nitrogens with one attached hydrogen (secondary N) is 3. The van der Waals surface area contributed by atoms with Gasteiger partial charge < -0.3 is 9.87 Å². The SMILES string of the molecule is CN=C1NNc2cc3cnc(Nc4ccc(S(=O)O)cc4)nc3n2C12CCCCC2. The van der Waals surface area contributed by atoms with Crippen molar-refractivity contribution in [3.63, 3.8) is 0 Å². The van der Waals surface area contributed by atoms with E-state index < -0.39 is 11.1 Å². The average molecular weight is 426 g/mol. The molecule has 1 unspecified atom stereocenters. The van der Waals surface area contributed by atoms with Crippen LogP contribution in [0.4, 0.5) is 17.5 Å². The summed E-state index contributed by atoms with van der Waals surface area (Å²) in [7, 11) is 1.82. The molecule has 0 saturated heterocycles. The van der Waals surface area contributed by atoms with E-state index in [0.29, 0.717) is 10.8 Å². The van der Waals surface area contributed by atoms with E-state index in [2.05, 4.69) is 36.8 Å². The van der Waals surface area contributed by atoms with Gasteiger partial charge in [0, 0.05) is 24.3 Å². The van der Waals surface area contributed by atoms with Crippen molar-refractivity contribution in [2.24, 2.45) is 4.99 Å². The second-order valence-electron chi connectivity index (χ2n) is 7.65. The number of anilines is 3. The lowest BCUT2D eigenvalue weighted by Gasteiger charge is -2.44. The maximum absolute atomic E-state index is 11.2. The second kappa shape index (κ2) is 7.37. The van der Waals surface area contributed by atoms with Crippen LogP contribution in [0.2, 0.25) is 0 Å². The number of rotatable bonds is 3. The predicted octanol–water partition coefficient (Wildman–Crippen LogP) is 3.37. The Hall–Kier alpha value is -2.98. The minimum Gasteiger partial charge on any atom is -0.324 e. The van der Waals surface area contributed by atoms with Crippen LogP contribution in [0.15, 0.2) is 46.4 Å². The van der Waals surface area contributed by atoms with Gasteiger partial charge in [0.25, 0.3) is 0 Å². The summed E-state index contributed by atoms with van der Waals surface area (Å²) in [5.41, 5.74) is 7.91. The van der Waals surface area contributed by atoms with Crippen LogP contribution in [0.25, 0.3) is 11.0 Å². The molecule has 0 bridgehead atoms. The first kappa shape index (κ1) is 19.0. The molecule has 2 aromatic heterocycles. The molecule has 5 rings (SSSR count). The Bertz CT molecular complexity index is 1150. The molecule has 9 nitrogen and oxygen atoms in total. The van der Waals surface area contributed by atoms with Gasteiger partial charge in [-0.05, 0) is 43.2 Å². The minimum absolute atomic E-state index is 0.228. The van der Waals surface area contributed by atoms with Crippen molar-refractivity contribution < 1.29 is 8.76 Å². The van der Waals surface area contributed by atoms with Crippen molar-refractivity contribution in [3.05, 3.63) is 36.5 Å². The van der Waals surface area contributed by atoms with Crippen LogP contribution in [0.5, 0.6) is 0 Å². The molecule has 1 aliphatic heterocycles. The molecule has 156 valence electrons. The molecule has 1 atom stereocenters. The van der Waals surface area contributed by atoms with Crippen LogP contribution in [-0.4, -0.2) is 36.2 Å². The highest BCUT2D eigenvalue weighted by atomic mass is 32.2. The van der Waals surface area contributed by atoms with E-state index in [1.54, 1.807) is 24.3 Å². The van der Waals surface area contributed by atoms with Crippen LogP contribution < -0.4 is 16.2 Å². The van der Waals surface area contributed by atoms with E-state index in [4.69, 9.17) is 4.98 Å². The number of hydrogen-bond donors (Lipinski definition) is 4. The Morgan fingerprint density at radius 2 is 1.97 bits per heavy atom. The Morgan fingerprint density at radius 3 is 2.67 bits per heavy atom. The van der Waals surface area contributed by atoms with Crippen molar-refractivity contribution in [2.45, 2.75) is 42.5 Å². The first-order valence-electron chi connectivity index (χ1n) is 9.97. The lowest BCUT2D eigenvalue weighted by atomic mass is 9.80. The van der Waals surface area contributed by atoms with Crippen LogP contribution in [-0.2, 0) is 16.6 Å². The average Bonchev–Trinajstić information content (AvgIpc) is 3.14. The zero-order chi connectivity index (χ0) is 20.7. The van der Waals surface area contributed by atoms with Crippen LogP contribution >= 0.6 is 0 Å². The number of hydrogen-bond acceptors (Lipinski definition) is 6. The van der Waals surface area contributed by atoms with Gasteiger partial charge >= 0.3 is 0 Å². The number of aromatic nitrogens is 3. The Labute approximate surface area is 176 Å². The molecule has 0 amide bonds. The molecular formula is C20H23N7O2S. The summed E-state index contributed by atoms with van der Waals surface area (Å²) in [6, 6.07) is 8.74. The molecule has 1 aromatic carbocycles. The van der Waals surface area contributed by atoms with Gasteiger partial charge in [-0.1, -0.05) is 19.3 Å². The summed E-state index contributed by atoms with van der Waals surface area (Å²) < 4.78 is 22.6. The monoisotopic (exact) mass is 425 g/mol. The molecule has 30 heavy (non-hydrogen) atoms. The molecule has 4 N–H and O–H groups in total. The highest BCUT2D eigenvalue weighted by molar-refractivity contribution is 7.79. The fraction of sp³-hybridized carbons (Fsp3) is 0.350. The second-order valence-corrected chi connectivity index (χ2v) is 8.62. The van der Waals surface area contributed by atoms with Gasteiger partial charge in [0.1, 0.15) is 22.8 Å². The van der Waals surface area contributed by atoms with Gasteiger partial charge in [-0.15, -0.1) is 0 Å². The molecule has 1 spiro atoms. The fourth-order valence-corrected chi connectivity index (χ4v) is 4.93. The lowest BCUT2D eigenvalue weighted by molar-refractivity contribution is 0.278. The van der Waals surface area contributed by atoms with Crippen molar-refractivity contribution >= 4 is 45.4 Å². The zero-order valence-electron chi connectivity index (χ0n) is 16.6. The maximum atomic E-state index is 11.2. The number of fused-ring (bicyclic) bond motifs is 4. The Morgan fingerprint density at radius 1 is 1.20 bits per heavy atom. The van der Waals surface area contributed by atoms with Gasteiger partial charge in [-0.25, -0.2) is 9.19 Å². The predicted molar refractivity (Wildman–Crippen MR) is 117 cm³/mol. The summed E-state index contributed by atoms with van der Waals surface area (Å²) in [5.74, 6) is 2.37. The topological polar surface area (TPSA) is 116 Å². The quantitative estimate of drug-likeness (QED) is 0.475. The summed E-state index contributed by atoms with van der Waals surface area (Å²) in [5, 5.41) is 4.15. The van der Waals surface area contributed by atoms with E-state index in [1.807, 2.05) is 13.2 Å². The van der Waals surface area contributed by atoms with Gasteiger partial charge in [-0.3, -0.25) is 20.4 Å². The smallest absolute Gasteiger partial charge is 0.229 e. The highest BCUT2D eigenvalue weighted by Gasteiger charge is 2.44. The third kappa shape index (κ3) is 3.03. The van der Waals surface area contributed by atoms with Crippen molar-refractivity contribution in [1.82, 2.24) is 20.0 Å². The van der Waals surface area contributed by atoms with Gasteiger partial charge in [-0.2, -0.15) is 4.98 Å². The van der Waals surface area contributed by atoms with E-state index in [1.165, 1.54) is 6.42 Å². The first-order chi connectivity index (χ1) is 14.6. The Balaban J connectivity index is 1.57. The van der Waals surface area contributed by atoms with Crippen LogP contribution in [0, 0.1) is 0 Å². The molecule has 0 radical (unpaired) electrons. The lowest BCUT2D eigenvalue weighted by Crippen LogP contribution is -2.56. The van der Waals surface area contributed by atoms with E-state index in [0.717, 1.165) is 54.1 Å². The van der Waals surface area contributed by atoms with Crippen LogP contribution in [0.1, 0.15) is 32.1 Å². The number of amidine groups is 1. The summed E-state index contributed by atoms with van der Waals surface area (Å²) in [6.45, 7) is 0. The fourth-order valence-electron chi connectivity index (χ4n) is 4.56. The largest absolute Gasteiger partial charge is 0.324 e. The molecule has 3 aromatic rings. The number of hydrazine groups is 1. The molecule has 1 aliphatic carbocycles. The van der Waals surface area contributed by atoms with E-state index in [-0.39, 0.29) is 5.54 Å². The molecule has 3 heterocycles. The third-order valence-corrected chi connectivity index (χ3v) is 6.61. The standard InChI is InChI=1S/C20H23N7O2S/c1-21-18-20(9-3-2-4-10-20)27-16(25-26-18)11-13-12-22-19(24-17(13)27)23-14-5-7-15(8-6-14)30(28)29/h5-8,11-12,25H,2-4,9-10H2,1H3,(H,21,26)(H,28,29)(H,22,23,24). The van der Waals surface area contributed by atoms with Crippen LogP contribution in [0.3, 0.4) is 0 Å². The van der Waals surface area contributed by atoms with Crippen molar-refractivity contribution in [3.8, 4) is 0 Å². The molecule has 2 aliphatic rings. The first-order valence-corrected chi connectivity index (χ1v) is 11.1. The number of benzene rings is 1. The van der Waals surface area contributed by atoms with Gasteiger partial charge in [0.2, 0.25) is 5.95 Å². The summed E-state index contributed by atoms with van der Waals surface area (Å²) in [6.07, 6.45) is 7.36. The Kier molecular flexibility index (Phi) is 4.67. The number of nitrogens with zero attached hydrogens (tertiary/aromatic N) is 4. The molecule has 10 heteroatoms. The number of aliphatic imine (C=N–C) groups is 1. The van der Waals surface area contributed by atoms with Gasteiger partial charge in [0.05, 0.1) is 4.90 Å². The summed E-state index contributed by atoms with van der Waals surface area (Å²) in [4.78, 5) is 14.2. The molecule has 1 saturated carbocycles. The van der Waals surface area contributed by atoms with E-state index in [9.17, 15) is 8.76 Å².